The van der Waals surface area contributed by atoms with Gasteiger partial charge in [-0.05, 0) is 49.2 Å². The Hall–Kier alpha value is -2.65. The lowest BCUT2D eigenvalue weighted by atomic mass is 9.74. The molecule has 3 atom stereocenters. The average Bonchev–Trinajstić information content (AvgIpc) is 2.78. The molecular formula is C26H30N2O3. The molecule has 0 unspecified atom stereocenters. The van der Waals surface area contributed by atoms with Gasteiger partial charge in [-0.2, -0.15) is 0 Å². The average molecular weight is 419 g/mol. The van der Waals surface area contributed by atoms with E-state index in [1.54, 1.807) is 7.11 Å². The molecule has 1 N–H and O–H groups in total. The van der Waals surface area contributed by atoms with Gasteiger partial charge in [0.05, 0.1) is 6.61 Å². The maximum absolute atomic E-state index is 12.5. The Labute approximate surface area is 184 Å². The largest absolute Gasteiger partial charge is 0.395 e. The van der Waals surface area contributed by atoms with Gasteiger partial charge in [0.25, 0.3) is 0 Å². The highest BCUT2D eigenvalue weighted by Gasteiger charge is 2.49. The van der Waals surface area contributed by atoms with E-state index in [9.17, 15) is 9.90 Å². The van der Waals surface area contributed by atoms with E-state index in [4.69, 9.17) is 4.74 Å². The van der Waals surface area contributed by atoms with Gasteiger partial charge in [-0.1, -0.05) is 42.2 Å². The van der Waals surface area contributed by atoms with Crippen LogP contribution in [0.5, 0.6) is 0 Å². The van der Waals surface area contributed by atoms with Gasteiger partial charge in [-0.25, -0.2) is 0 Å². The zero-order chi connectivity index (χ0) is 21.6. The van der Waals surface area contributed by atoms with Crippen LogP contribution in [0.1, 0.15) is 35.4 Å². The summed E-state index contributed by atoms with van der Waals surface area (Å²) in [4.78, 5) is 16.8. The van der Waals surface area contributed by atoms with Gasteiger partial charge in [-0.15, -0.1) is 0 Å². The van der Waals surface area contributed by atoms with E-state index in [-0.39, 0.29) is 37.1 Å². The predicted octanol–water partition coefficient (Wildman–Crippen LogP) is 2.48. The summed E-state index contributed by atoms with van der Waals surface area (Å²) in [6.07, 6.45) is 2.01. The van der Waals surface area contributed by atoms with E-state index >= 15 is 0 Å². The van der Waals surface area contributed by atoms with Crippen molar-refractivity contribution in [2.24, 2.45) is 0 Å². The molecule has 2 aromatic rings. The highest BCUT2D eigenvalue weighted by atomic mass is 16.5. The number of fused-ring (bicyclic) bond motifs is 1. The fourth-order valence-electron chi connectivity index (χ4n) is 4.84. The van der Waals surface area contributed by atoms with Crippen molar-refractivity contribution in [3.63, 3.8) is 0 Å². The summed E-state index contributed by atoms with van der Waals surface area (Å²) in [6, 6.07) is 18.6. The van der Waals surface area contributed by atoms with E-state index in [2.05, 4.69) is 41.0 Å². The summed E-state index contributed by atoms with van der Waals surface area (Å²) in [5.74, 6) is 6.67. The molecule has 2 heterocycles. The molecule has 0 bridgehead atoms. The Balaban J connectivity index is 1.51. The Bertz CT molecular complexity index is 933. The molecular weight excluding hydrogens is 388 g/mol. The van der Waals surface area contributed by atoms with Crippen LogP contribution in [0.15, 0.2) is 54.6 Å². The number of hydrogen-bond acceptors (Lipinski definition) is 4. The van der Waals surface area contributed by atoms with Gasteiger partial charge in [0.1, 0.15) is 6.61 Å². The number of benzene rings is 2. The standard InChI is InChI=1S/C26H30N2O3/c1-31-19-25(30)27-15-5-6-16-28-23(17-27)26(24(28)18-29)22-13-11-21(12-14-22)10-9-20-7-3-2-4-8-20/h2-4,7-8,11-14,23-24,26,29H,5-6,15-19H2,1H3/t23-,24-,26-/m0/s1. The number of aliphatic hydroxyl groups is 1. The van der Waals surface area contributed by atoms with Crippen LogP contribution in [0.25, 0.3) is 0 Å². The first-order valence-electron chi connectivity index (χ1n) is 11.0. The molecule has 0 spiro atoms. The van der Waals surface area contributed by atoms with Crippen molar-refractivity contribution in [1.82, 2.24) is 9.80 Å². The Morgan fingerprint density at radius 2 is 1.71 bits per heavy atom. The molecule has 2 aromatic carbocycles. The lowest BCUT2D eigenvalue weighted by Crippen LogP contribution is -2.68. The van der Waals surface area contributed by atoms with Crippen LogP contribution >= 0.6 is 0 Å². The number of carbonyl (C=O) groups excluding carboxylic acids is 1. The van der Waals surface area contributed by atoms with Crippen molar-refractivity contribution in [2.45, 2.75) is 30.8 Å². The lowest BCUT2D eigenvalue weighted by molar-refractivity contribution is -0.140. The van der Waals surface area contributed by atoms with Crippen LogP contribution in [0.2, 0.25) is 0 Å². The summed E-state index contributed by atoms with van der Waals surface area (Å²) in [5, 5.41) is 10.1. The van der Waals surface area contributed by atoms with E-state index in [0.717, 1.165) is 37.1 Å². The first-order valence-corrected chi connectivity index (χ1v) is 11.0. The molecule has 2 aliphatic heterocycles. The van der Waals surface area contributed by atoms with Gasteiger partial charge < -0.3 is 14.7 Å². The second-order valence-corrected chi connectivity index (χ2v) is 8.30. The number of methoxy groups -OCH3 is 1. The van der Waals surface area contributed by atoms with Gasteiger partial charge in [0.15, 0.2) is 0 Å². The summed E-state index contributed by atoms with van der Waals surface area (Å²) in [6.45, 7) is 2.67. The zero-order valence-corrected chi connectivity index (χ0v) is 18.0. The number of amides is 1. The number of rotatable bonds is 4. The second kappa shape index (κ2) is 10.1. The molecule has 1 amide bonds. The van der Waals surface area contributed by atoms with Crippen LogP contribution in [0.3, 0.4) is 0 Å². The summed E-state index contributed by atoms with van der Waals surface area (Å²) < 4.78 is 5.07. The fourth-order valence-corrected chi connectivity index (χ4v) is 4.84. The first-order chi connectivity index (χ1) is 15.2. The van der Waals surface area contributed by atoms with E-state index in [1.807, 2.05) is 35.2 Å². The van der Waals surface area contributed by atoms with Gasteiger partial charge >= 0.3 is 0 Å². The molecule has 2 fully saturated rings. The zero-order valence-electron chi connectivity index (χ0n) is 18.0. The van der Waals surface area contributed by atoms with E-state index < -0.39 is 0 Å². The van der Waals surface area contributed by atoms with Crippen LogP contribution in [0.4, 0.5) is 0 Å². The summed E-state index contributed by atoms with van der Waals surface area (Å²) >= 11 is 0. The number of carbonyl (C=O) groups is 1. The van der Waals surface area contributed by atoms with E-state index in [1.165, 1.54) is 5.56 Å². The molecule has 0 aromatic heterocycles. The molecule has 0 aliphatic carbocycles. The SMILES string of the molecule is COCC(=O)N1CCCCN2[C@@H](CO)[C@@H](c3ccc(C#Cc4ccccc4)cc3)[C@@H]2C1. The quantitative estimate of drug-likeness (QED) is 0.776. The molecule has 0 saturated carbocycles. The van der Waals surface area contributed by atoms with Crippen molar-refractivity contribution in [1.29, 1.82) is 0 Å². The molecule has 31 heavy (non-hydrogen) atoms. The number of nitrogens with zero attached hydrogens (tertiary/aromatic N) is 2. The third kappa shape index (κ3) is 4.83. The van der Waals surface area contributed by atoms with Crippen molar-refractivity contribution in [3.8, 4) is 11.8 Å². The minimum absolute atomic E-state index is 0.0436. The lowest BCUT2D eigenvalue weighted by Gasteiger charge is -2.57. The van der Waals surface area contributed by atoms with Crippen molar-refractivity contribution < 1.29 is 14.6 Å². The van der Waals surface area contributed by atoms with Crippen LogP contribution in [-0.2, 0) is 9.53 Å². The molecule has 4 rings (SSSR count). The maximum atomic E-state index is 12.5. The predicted molar refractivity (Wildman–Crippen MR) is 121 cm³/mol. The third-order valence-corrected chi connectivity index (χ3v) is 6.41. The normalized spacial score (nSPS) is 23.5. The van der Waals surface area contributed by atoms with Crippen molar-refractivity contribution >= 4 is 5.91 Å². The van der Waals surface area contributed by atoms with Gasteiger partial charge in [0, 0.05) is 49.3 Å². The highest BCUT2D eigenvalue weighted by molar-refractivity contribution is 5.77. The molecule has 2 saturated heterocycles. The van der Waals surface area contributed by atoms with Crippen molar-refractivity contribution in [2.75, 3.05) is 40.0 Å². The van der Waals surface area contributed by atoms with Crippen LogP contribution in [-0.4, -0.2) is 72.9 Å². The van der Waals surface area contributed by atoms with Crippen molar-refractivity contribution in [3.05, 3.63) is 71.3 Å². The molecule has 5 heteroatoms. The van der Waals surface area contributed by atoms with Gasteiger partial charge in [0.2, 0.25) is 5.91 Å². The smallest absolute Gasteiger partial charge is 0.248 e. The minimum atomic E-state index is 0.0436. The molecule has 0 radical (unpaired) electrons. The summed E-state index contributed by atoms with van der Waals surface area (Å²) in [5.41, 5.74) is 3.17. The summed E-state index contributed by atoms with van der Waals surface area (Å²) in [7, 11) is 1.56. The van der Waals surface area contributed by atoms with E-state index in [0.29, 0.717) is 6.54 Å². The number of aliphatic hydroxyl groups excluding tert-OH is 1. The molecule has 2 aliphatic rings. The second-order valence-electron chi connectivity index (χ2n) is 8.30. The highest BCUT2D eigenvalue weighted by Crippen LogP contribution is 2.41. The Kier molecular flexibility index (Phi) is 7.03. The Morgan fingerprint density at radius 3 is 2.39 bits per heavy atom. The number of hydrogen-bond donors (Lipinski definition) is 1. The van der Waals surface area contributed by atoms with Crippen LogP contribution < -0.4 is 0 Å². The molecule has 5 nitrogen and oxygen atoms in total. The molecule has 162 valence electrons. The maximum Gasteiger partial charge on any atom is 0.248 e. The first kappa shape index (κ1) is 21.6. The topological polar surface area (TPSA) is 53.0 Å². The third-order valence-electron chi connectivity index (χ3n) is 6.41. The van der Waals surface area contributed by atoms with Gasteiger partial charge in [-0.3, -0.25) is 9.69 Å². The van der Waals surface area contributed by atoms with Crippen LogP contribution in [0, 0.1) is 11.8 Å². The number of ether oxygens (including phenoxy) is 1. The fraction of sp³-hybridized carbons (Fsp3) is 0.423. The monoisotopic (exact) mass is 418 g/mol. The minimum Gasteiger partial charge on any atom is -0.395 e. The Morgan fingerprint density at radius 1 is 1.03 bits per heavy atom.